The van der Waals surface area contributed by atoms with Crippen LogP contribution in [0.2, 0.25) is 0 Å². The van der Waals surface area contributed by atoms with E-state index in [1.807, 2.05) is 6.92 Å². The zero-order valence-corrected chi connectivity index (χ0v) is 14.7. The minimum Gasteiger partial charge on any atom is -0.465 e. The highest BCUT2D eigenvalue weighted by atomic mass is 32.2. The summed E-state index contributed by atoms with van der Waals surface area (Å²) in [7, 11) is 0. The van der Waals surface area contributed by atoms with Gasteiger partial charge in [0.2, 0.25) is 0 Å². The van der Waals surface area contributed by atoms with Crippen molar-refractivity contribution >= 4 is 17.7 Å². The lowest BCUT2D eigenvalue weighted by Gasteiger charge is -2.10. The van der Waals surface area contributed by atoms with Gasteiger partial charge in [0, 0.05) is 18.3 Å². The van der Waals surface area contributed by atoms with Crippen molar-refractivity contribution in [1.82, 2.24) is 19.7 Å². The van der Waals surface area contributed by atoms with E-state index in [1.54, 1.807) is 24.7 Å². The van der Waals surface area contributed by atoms with Crippen LogP contribution >= 0.6 is 11.8 Å². The Morgan fingerprint density at radius 2 is 2.04 bits per heavy atom. The first-order chi connectivity index (χ1) is 11.7. The molecule has 25 heavy (non-hydrogen) atoms. The van der Waals surface area contributed by atoms with E-state index < -0.39 is 17.8 Å². The van der Waals surface area contributed by atoms with E-state index >= 15 is 0 Å². The molecule has 0 amide bonds. The van der Waals surface area contributed by atoms with Crippen molar-refractivity contribution in [3.05, 3.63) is 23.7 Å². The molecular formula is C15H17F3N4O2S. The number of aromatic nitrogens is 4. The third kappa shape index (κ3) is 4.94. The standard InChI is InChI=1S/C15H17F3N4O2S/c1-4-22-7-10(9(3)21-22)11-6-12(15(16,17)18)20-14(19-11)25-8-13(23)24-5-2/h6-7H,4-5,8H2,1-3H3. The smallest absolute Gasteiger partial charge is 0.433 e. The maximum Gasteiger partial charge on any atom is 0.433 e. The summed E-state index contributed by atoms with van der Waals surface area (Å²) in [5.41, 5.74) is 0.112. The largest absolute Gasteiger partial charge is 0.465 e. The number of rotatable bonds is 6. The molecule has 2 aromatic rings. The van der Waals surface area contributed by atoms with E-state index in [0.717, 1.165) is 17.8 Å². The average Bonchev–Trinajstić information content (AvgIpc) is 2.93. The lowest BCUT2D eigenvalue weighted by Crippen LogP contribution is -2.11. The molecule has 0 saturated heterocycles. The fraction of sp³-hybridized carbons (Fsp3) is 0.467. The SMILES string of the molecule is CCOC(=O)CSc1nc(-c2cn(CC)nc2C)cc(C(F)(F)F)n1. The molecule has 0 spiro atoms. The van der Waals surface area contributed by atoms with Gasteiger partial charge in [0.1, 0.15) is 5.69 Å². The summed E-state index contributed by atoms with van der Waals surface area (Å²) in [6.45, 7) is 6.00. The van der Waals surface area contributed by atoms with Crippen LogP contribution in [0, 0.1) is 6.92 Å². The summed E-state index contributed by atoms with van der Waals surface area (Å²) in [6, 6.07) is 0.887. The van der Waals surface area contributed by atoms with Gasteiger partial charge in [0.15, 0.2) is 5.16 Å². The highest BCUT2D eigenvalue weighted by molar-refractivity contribution is 7.99. The second-order valence-corrected chi connectivity index (χ2v) is 5.94. The van der Waals surface area contributed by atoms with E-state index in [0.29, 0.717) is 17.8 Å². The first-order valence-corrected chi connectivity index (χ1v) is 8.52. The molecule has 0 unspecified atom stereocenters. The molecule has 0 saturated carbocycles. The van der Waals surface area contributed by atoms with Crippen LogP contribution in [-0.4, -0.2) is 38.1 Å². The monoisotopic (exact) mass is 374 g/mol. The normalized spacial score (nSPS) is 11.6. The number of halogens is 3. The molecule has 0 aliphatic carbocycles. The summed E-state index contributed by atoms with van der Waals surface area (Å²) in [4.78, 5) is 19.1. The van der Waals surface area contributed by atoms with Gasteiger partial charge >= 0.3 is 12.1 Å². The molecule has 0 radical (unpaired) electrons. The molecule has 136 valence electrons. The van der Waals surface area contributed by atoms with Crippen LogP contribution in [0.4, 0.5) is 13.2 Å². The zero-order chi connectivity index (χ0) is 18.6. The molecule has 2 aromatic heterocycles. The predicted molar refractivity (Wildman–Crippen MR) is 86.0 cm³/mol. The van der Waals surface area contributed by atoms with Crippen LogP contribution in [-0.2, 0) is 22.3 Å². The maximum absolute atomic E-state index is 13.1. The molecule has 0 aromatic carbocycles. The van der Waals surface area contributed by atoms with Gasteiger partial charge in [-0.15, -0.1) is 0 Å². The molecule has 6 nitrogen and oxygen atoms in total. The number of ether oxygens (including phenoxy) is 1. The summed E-state index contributed by atoms with van der Waals surface area (Å²) >= 11 is 0.802. The van der Waals surface area contributed by atoms with Gasteiger partial charge in [0.05, 0.1) is 23.7 Å². The Labute approximate surface area is 146 Å². The van der Waals surface area contributed by atoms with Gasteiger partial charge in [-0.3, -0.25) is 9.48 Å². The van der Waals surface area contributed by atoms with Crippen LogP contribution < -0.4 is 0 Å². The van der Waals surface area contributed by atoms with Crippen molar-refractivity contribution in [3.8, 4) is 11.3 Å². The van der Waals surface area contributed by atoms with Crippen molar-refractivity contribution in [2.75, 3.05) is 12.4 Å². The van der Waals surface area contributed by atoms with Crippen LogP contribution in [0.15, 0.2) is 17.4 Å². The Balaban J connectivity index is 2.40. The van der Waals surface area contributed by atoms with E-state index in [1.165, 1.54) is 0 Å². The molecular weight excluding hydrogens is 357 g/mol. The number of thioether (sulfide) groups is 1. The van der Waals surface area contributed by atoms with Gasteiger partial charge in [0.25, 0.3) is 0 Å². The Hall–Kier alpha value is -2.10. The fourth-order valence-electron chi connectivity index (χ4n) is 2.03. The van der Waals surface area contributed by atoms with Gasteiger partial charge in [-0.2, -0.15) is 18.3 Å². The minimum atomic E-state index is -4.62. The Bertz CT molecular complexity index is 762. The molecule has 0 N–H and O–H groups in total. The van der Waals surface area contributed by atoms with E-state index in [9.17, 15) is 18.0 Å². The molecule has 2 rings (SSSR count). The van der Waals surface area contributed by atoms with E-state index in [2.05, 4.69) is 15.1 Å². The average molecular weight is 374 g/mol. The van der Waals surface area contributed by atoms with Crippen LogP contribution in [0.1, 0.15) is 25.2 Å². The summed E-state index contributed by atoms with van der Waals surface area (Å²) in [5, 5.41) is 4.08. The summed E-state index contributed by atoms with van der Waals surface area (Å²) in [5.74, 6) is -0.702. The Kier molecular flexibility index (Phi) is 6.04. The molecule has 0 atom stereocenters. The number of carbonyl (C=O) groups is 1. The lowest BCUT2D eigenvalue weighted by molar-refractivity contribution is -0.141. The third-order valence-electron chi connectivity index (χ3n) is 3.17. The molecule has 0 aliphatic rings. The maximum atomic E-state index is 13.1. The summed E-state index contributed by atoms with van der Waals surface area (Å²) in [6.07, 6.45) is -2.98. The highest BCUT2D eigenvalue weighted by Gasteiger charge is 2.34. The van der Waals surface area contributed by atoms with Crippen LogP contribution in [0.5, 0.6) is 0 Å². The summed E-state index contributed by atoms with van der Waals surface area (Å²) < 4.78 is 45.8. The zero-order valence-electron chi connectivity index (χ0n) is 13.9. The number of nitrogens with zero attached hydrogens (tertiary/aromatic N) is 4. The second-order valence-electron chi connectivity index (χ2n) is 5.00. The number of esters is 1. The molecule has 10 heteroatoms. The number of alkyl halides is 3. The van der Waals surface area contributed by atoms with Crippen molar-refractivity contribution in [3.63, 3.8) is 0 Å². The van der Waals surface area contributed by atoms with Crippen LogP contribution in [0.3, 0.4) is 0 Å². The molecule has 0 bridgehead atoms. The third-order valence-corrected chi connectivity index (χ3v) is 3.99. The van der Waals surface area contributed by atoms with Crippen molar-refractivity contribution in [2.45, 2.75) is 38.6 Å². The van der Waals surface area contributed by atoms with Gasteiger partial charge in [-0.1, -0.05) is 11.8 Å². The predicted octanol–water partition coefficient (Wildman–Crippen LogP) is 3.34. The van der Waals surface area contributed by atoms with E-state index in [4.69, 9.17) is 4.74 Å². The number of aryl methyl sites for hydroxylation is 2. The van der Waals surface area contributed by atoms with Gasteiger partial charge < -0.3 is 4.74 Å². The Morgan fingerprint density at radius 1 is 1.32 bits per heavy atom. The number of carbonyl (C=O) groups excluding carboxylic acids is 1. The van der Waals surface area contributed by atoms with Gasteiger partial charge in [-0.05, 0) is 26.8 Å². The second kappa shape index (κ2) is 7.85. The first-order valence-electron chi connectivity index (χ1n) is 7.53. The van der Waals surface area contributed by atoms with Gasteiger partial charge in [-0.25, -0.2) is 9.97 Å². The highest BCUT2D eigenvalue weighted by Crippen LogP contribution is 2.32. The fourth-order valence-corrected chi connectivity index (χ4v) is 2.69. The molecule has 0 aliphatic heterocycles. The van der Waals surface area contributed by atoms with Crippen molar-refractivity contribution in [1.29, 1.82) is 0 Å². The Morgan fingerprint density at radius 3 is 2.60 bits per heavy atom. The minimum absolute atomic E-state index is 0.117. The number of hydrogen-bond donors (Lipinski definition) is 0. The quantitative estimate of drug-likeness (QED) is 0.439. The number of hydrogen-bond acceptors (Lipinski definition) is 6. The molecule has 0 fully saturated rings. The topological polar surface area (TPSA) is 69.9 Å². The van der Waals surface area contributed by atoms with Crippen molar-refractivity contribution < 1.29 is 22.7 Å². The molecule has 2 heterocycles. The first kappa shape index (κ1) is 19.2. The van der Waals surface area contributed by atoms with Crippen LogP contribution in [0.25, 0.3) is 11.3 Å². The van der Waals surface area contributed by atoms with Crippen molar-refractivity contribution in [2.24, 2.45) is 0 Å². The van der Waals surface area contributed by atoms with E-state index in [-0.39, 0.29) is 23.2 Å². The lowest BCUT2D eigenvalue weighted by atomic mass is 10.1.